The summed E-state index contributed by atoms with van der Waals surface area (Å²) in [5.74, 6) is -47.9. The second kappa shape index (κ2) is 8.34. The molecule has 0 aliphatic carbocycles. The lowest BCUT2D eigenvalue weighted by molar-refractivity contribution is -0.453. The van der Waals surface area contributed by atoms with E-state index in [0.29, 0.717) is 17.7 Å². The summed E-state index contributed by atoms with van der Waals surface area (Å²) in [7, 11) is -5.49. The number of aryl methyl sites for hydroxylation is 1. The summed E-state index contributed by atoms with van der Waals surface area (Å²) in [6.07, 6.45) is -7.71. The fourth-order valence-corrected chi connectivity index (χ4v) is 2.92. The second-order valence-corrected chi connectivity index (χ2v) is 8.22. The Labute approximate surface area is 179 Å². The van der Waals surface area contributed by atoms with Gasteiger partial charge in [0.2, 0.25) is 0 Å². The number of hydrogen-bond acceptors (Lipinski definition) is 3. The van der Waals surface area contributed by atoms with Crippen LogP contribution in [-0.2, 0) is 14.3 Å². The Morgan fingerprint density at radius 3 is 1.35 bits per heavy atom. The van der Waals surface area contributed by atoms with Crippen molar-refractivity contribution in [2.45, 2.75) is 53.5 Å². The van der Waals surface area contributed by atoms with Crippen LogP contribution in [0.25, 0.3) is 0 Å². The Hall–Kier alpha value is -1.92. The first-order valence-corrected chi connectivity index (χ1v) is 9.41. The van der Waals surface area contributed by atoms with Crippen LogP contribution in [0.3, 0.4) is 0 Å². The van der Waals surface area contributed by atoms with Crippen LogP contribution in [0.1, 0.15) is 5.56 Å². The highest BCUT2D eigenvalue weighted by Crippen LogP contribution is 2.62. The molecule has 0 spiro atoms. The molecule has 34 heavy (non-hydrogen) atoms. The van der Waals surface area contributed by atoms with Crippen LogP contribution in [-0.4, -0.2) is 56.7 Å². The van der Waals surface area contributed by atoms with Crippen molar-refractivity contribution < 1.29 is 78.5 Å². The van der Waals surface area contributed by atoms with Gasteiger partial charge in [0.1, 0.15) is 6.61 Å². The van der Waals surface area contributed by atoms with E-state index in [9.17, 15) is 74.3 Å². The van der Waals surface area contributed by atoms with Crippen molar-refractivity contribution in [2.24, 2.45) is 0 Å². The van der Waals surface area contributed by atoms with Gasteiger partial charge in [-0.1, -0.05) is 17.7 Å². The third-order valence-electron chi connectivity index (χ3n) is 4.10. The van der Waals surface area contributed by atoms with Crippen molar-refractivity contribution in [3.63, 3.8) is 0 Å². The van der Waals surface area contributed by atoms with Gasteiger partial charge in [0.05, 0.1) is 4.90 Å². The molecule has 0 amide bonds. The molecule has 0 aliphatic heterocycles. The van der Waals surface area contributed by atoms with Crippen LogP contribution in [0.5, 0.6) is 0 Å². The highest BCUT2D eigenvalue weighted by Gasteiger charge is 2.93. The van der Waals surface area contributed by atoms with Crippen molar-refractivity contribution in [3.8, 4) is 0 Å². The molecule has 0 atom stereocenters. The molecule has 1 aromatic rings. The molecule has 0 saturated carbocycles. The van der Waals surface area contributed by atoms with E-state index in [2.05, 4.69) is 4.18 Å². The van der Waals surface area contributed by atoms with Gasteiger partial charge in [0.25, 0.3) is 10.1 Å². The zero-order valence-corrected chi connectivity index (χ0v) is 16.6. The minimum atomic E-state index is -8.46. The first-order chi connectivity index (χ1) is 14.7. The zero-order valence-electron chi connectivity index (χ0n) is 15.8. The lowest BCUT2D eigenvalue weighted by Gasteiger charge is -2.41. The maximum Gasteiger partial charge on any atom is 0.460 e. The normalized spacial score (nSPS) is 15.5. The molecule has 1 aromatic carbocycles. The van der Waals surface area contributed by atoms with Crippen molar-refractivity contribution in [1.29, 1.82) is 0 Å². The Bertz CT molecular complexity index is 981. The van der Waals surface area contributed by atoms with E-state index in [1.54, 1.807) is 0 Å². The maximum absolute atomic E-state index is 13.6. The quantitative estimate of drug-likeness (QED) is 0.275. The highest BCUT2D eigenvalue weighted by atomic mass is 32.2. The number of hydrogen-bond donors (Lipinski definition) is 0. The van der Waals surface area contributed by atoms with E-state index in [0.717, 1.165) is 12.1 Å². The van der Waals surface area contributed by atoms with Crippen molar-refractivity contribution in [2.75, 3.05) is 6.61 Å². The third kappa shape index (κ3) is 4.51. The summed E-state index contributed by atoms with van der Waals surface area (Å²) in [6, 6.07) is 3.26. The number of rotatable bonds is 9. The first-order valence-electron chi connectivity index (χ1n) is 8.00. The van der Waals surface area contributed by atoms with E-state index in [1.807, 2.05) is 0 Å². The molecule has 0 aliphatic rings. The fraction of sp³-hybridized carbons (Fsp3) is 0.600. The average molecular weight is 554 g/mol. The molecule has 198 valence electrons. The summed E-state index contributed by atoms with van der Waals surface area (Å²) in [6.45, 7) is -2.05. The molecule has 3 nitrogen and oxygen atoms in total. The molecule has 0 aromatic heterocycles. The standard InChI is InChI=1S/C15H9F15O3S/c1-7-2-4-8(5-3-7)34(31,32)33-6-9(16,17)10(18,19)11(20,21)12(22,23)13(24,25)14(26,27)15(28,29)30/h2-5H,6H2,1H3. The van der Waals surface area contributed by atoms with Crippen molar-refractivity contribution in [1.82, 2.24) is 0 Å². The van der Waals surface area contributed by atoms with Gasteiger partial charge in [-0.05, 0) is 19.1 Å². The van der Waals surface area contributed by atoms with Gasteiger partial charge in [0, 0.05) is 0 Å². The topological polar surface area (TPSA) is 43.4 Å². The molecular weight excluding hydrogens is 545 g/mol. The van der Waals surface area contributed by atoms with E-state index in [1.165, 1.54) is 6.92 Å². The molecular formula is C15H9F15O3S. The predicted octanol–water partition coefficient (Wildman–Crippen LogP) is 6.07. The number of alkyl halides is 15. The van der Waals surface area contributed by atoms with Gasteiger partial charge >= 0.3 is 41.7 Å². The smallest absolute Gasteiger partial charge is 0.260 e. The summed E-state index contributed by atoms with van der Waals surface area (Å²) in [5.41, 5.74) is 0.356. The Morgan fingerprint density at radius 1 is 0.618 bits per heavy atom. The number of halogens is 15. The maximum atomic E-state index is 13.6. The molecule has 0 heterocycles. The van der Waals surface area contributed by atoms with Gasteiger partial charge in [-0.15, -0.1) is 0 Å². The van der Waals surface area contributed by atoms with Gasteiger partial charge in [0.15, 0.2) is 0 Å². The van der Waals surface area contributed by atoms with Gasteiger partial charge < -0.3 is 0 Å². The van der Waals surface area contributed by atoms with Gasteiger partial charge in [-0.2, -0.15) is 74.3 Å². The van der Waals surface area contributed by atoms with Crippen LogP contribution >= 0.6 is 0 Å². The first kappa shape index (κ1) is 30.1. The van der Waals surface area contributed by atoms with Crippen LogP contribution in [0.2, 0.25) is 0 Å². The molecule has 0 saturated heterocycles. The SMILES string of the molecule is Cc1ccc(S(=O)(=O)OCC(F)(F)C(F)(F)C(F)(F)C(F)(F)C(F)(F)C(F)(F)C(F)(F)F)cc1. The van der Waals surface area contributed by atoms with E-state index >= 15 is 0 Å². The average Bonchev–Trinajstić information content (AvgIpc) is 2.65. The fourth-order valence-electron chi connectivity index (χ4n) is 2.01. The highest BCUT2D eigenvalue weighted by molar-refractivity contribution is 7.86. The van der Waals surface area contributed by atoms with Crippen molar-refractivity contribution in [3.05, 3.63) is 29.8 Å². The summed E-state index contributed by atoms with van der Waals surface area (Å²) >= 11 is 0. The summed E-state index contributed by atoms with van der Waals surface area (Å²) in [4.78, 5) is -1.05. The van der Waals surface area contributed by atoms with Gasteiger partial charge in [-0.25, -0.2) is 0 Å². The summed E-state index contributed by atoms with van der Waals surface area (Å²) < 4.78 is 223. The number of benzene rings is 1. The summed E-state index contributed by atoms with van der Waals surface area (Å²) in [5, 5.41) is 0. The van der Waals surface area contributed by atoms with E-state index < -0.39 is 63.3 Å². The molecule has 0 bridgehead atoms. The Kier molecular flexibility index (Phi) is 7.38. The Balaban J connectivity index is 3.39. The molecule has 0 fully saturated rings. The van der Waals surface area contributed by atoms with Crippen molar-refractivity contribution >= 4 is 10.1 Å². The van der Waals surface area contributed by atoms with Gasteiger partial charge in [-0.3, -0.25) is 4.18 Å². The molecule has 0 N–H and O–H groups in total. The second-order valence-electron chi connectivity index (χ2n) is 6.60. The van der Waals surface area contributed by atoms with Crippen LogP contribution in [0.15, 0.2) is 29.2 Å². The van der Waals surface area contributed by atoms with Crippen LogP contribution in [0, 0.1) is 6.92 Å². The Morgan fingerprint density at radius 2 is 0.971 bits per heavy atom. The molecule has 19 heteroatoms. The minimum absolute atomic E-state index is 0.356. The van der Waals surface area contributed by atoms with Crippen LogP contribution < -0.4 is 0 Å². The van der Waals surface area contributed by atoms with E-state index in [-0.39, 0.29) is 0 Å². The molecule has 0 unspecified atom stereocenters. The molecule has 1 rings (SSSR count). The minimum Gasteiger partial charge on any atom is -0.260 e. The monoisotopic (exact) mass is 554 g/mol. The third-order valence-corrected chi connectivity index (χ3v) is 5.38. The zero-order chi connectivity index (χ0) is 27.4. The lowest BCUT2D eigenvalue weighted by Crippen LogP contribution is -2.73. The predicted molar refractivity (Wildman–Crippen MR) is 80.1 cm³/mol. The van der Waals surface area contributed by atoms with E-state index in [4.69, 9.17) is 0 Å². The van der Waals surface area contributed by atoms with Crippen LogP contribution in [0.4, 0.5) is 65.9 Å². The molecule has 0 radical (unpaired) electrons. The largest absolute Gasteiger partial charge is 0.460 e. The lowest BCUT2D eigenvalue weighted by atomic mass is 9.91.